The van der Waals surface area contributed by atoms with Crippen molar-refractivity contribution in [1.29, 1.82) is 0 Å². The van der Waals surface area contributed by atoms with Gasteiger partial charge in [-0.15, -0.1) is 11.3 Å². The monoisotopic (exact) mass is 311 g/mol. The van der Waals surface area contributed by atoms with E-state index in [4.69, 9.17) is 17.3 Å². The quantitative estimate of drug-likeness (QED) is 0.848. The van der Waals surface area contributed by atoms with Crippen molar-refractivity contribution in [3.8, 4) is 0 Å². The van der Waals surface area contributed by atoms with Gasteiger partial charge in [-0.25, -0.2) is 9.97 Å². The van der Waals surface area contributed by atoms with Crippen LogP contribution in [0.1, 0.15) is 31.5 Å². The molecule has 0 saturated heterocycles. The average Bonchev–Trinajstić information content (AvgIpc) is 2.76. The summed E-state index contributed by atoms with van der Waals surface area (Å²) in [5, 5.41) is 6.76. The number of nitrogens with two attached hydrogens (primary N) is 1. The van der Waals surface area contributed by atoms with E-state index in [-0.39, 0.29) is 11.4 Å². The smallest absolute Gasteiger partial charge is 0.223 e. The molecule has 0 aromatic carbocycles. The number of hydrogen-bond acceptors (Lipinski definition) is 6. The Balaban J connectivity index is 1.91. The number of rotatable bonds is 4. The summed E-state index contributed by atoms with van der Waals surface area (Å²) < 4.78 is 0. The minimum absolute atomic E-state index is 0.102. The number of aromatic nitrogens is 3. The van der Waals surface area contributed by atoms with Crippen molar-refractivity contribution in [3.05, 3.63) is 27.3 Å². The van der Waals surface area contributed by atoms with Crippen molar-refractivity contribution in [2.24, 2.45) is 0 Å². The summed E-state index contributed by atoms with van der Waals surface area (Å²) in [7, 11) is 0. The van der Waals surface area contributed by atoms with E-state index in [0.29, 0.717) is 11.0 Å². The standard InChI is InChI=1S/C13H18ClN5S/c1-13(2,3)11-17-8(7-20-11)4-5-16-10-6-9(14)18-12(15)19-10/h6-7H,4-5H2,1-3H3,(H3,15,16,18,19). The van der Waals surface area contributed by atoms with Crippen molar-refractivity contribution >= 4 is 34.7 Å². The summed E-state index contributed by atoms with van der Waals surface area (Å²) in [6.07, 6.45) is 0.827. The van der Waals surface area contributed by atoms with Gasteiger partial charge in [-0.1, -0.05) is 32.4 Å². The Labute approximate surface area is 127 Å². The minimum atomic E-state index is 0.102. The van der Waals surface area contributed by atoms with Gasteiger partial charge < -0.3 is 11.1 Å². The number of nitrogens with one attached hydrogen (secondary N) is 1. The fourth-order valence-corrected chi connectivity index (χ4v) is 2.74. The van der Waals surface area contributed by atoms with Crippen molar-refractivity contribution < 1.29 is 0 Å². The molecule has 7 heteroatoms. The molecule has 5 nitrogen and oxygen atoms in total. The number of hydrogen-bond donors (Lipinski definition) is 2. The zero-order valence-corrected chi connectivity index (χ0v) is 13.3. The van der Waals surface area contributed by atoms with Gasteiger partial charge in [0.25, 0.3) is 0 Å². The Hall–Kier alpha value is -1.40. The summed E-state index contributed by atoms with van der Waals surface area (Å²) in [5.41, 5.74) is 6.72. The molecule has 0 unspecified atom stereocenters. The van der Waals surface area contributed by atoms with Gasteiger partial charge in [0, 0.05) is 29.8 Å². The second kappa shape index (κ2) is 5.93. The molecule has 3 N–H and O–H groups in total. The molecule has 0 atom stereocenters. The molecule has 0 saturated carbocycles. The van der Waals surface area contributed by atoms with Crippen LogP contribution in [0.2, 0.25) is 5.15 Å². The molecule has 2 aromatic rings. The zero-order chi connectivity index (χ0) is 14.8. The molecule has 0 bridgehead atoms. The van der Waals surface area contributed by atoms with Crippen molar-refractivity contribution in [2.45, 2.75) is 32.6 Å². The van der Waals surface area contributed by atoms with E-state index >= 15 is 0 Å². The molecule has 0 aliphatic heterocycles. The minimum Gasteiger partial charge on any atom is -0.369 e. The lowest BCUT2D eigenvalue weighted by Gasteiger charge is -2.13. The van der Waals surface area contributed by atoms with Gasteiger partial charge in [0.05, 0.1) is 10.7 Å². The van der Waals surface area contributed by atoms with Crippen molar-refractivity contribution in [1.82, 2.24) is 15.0 Å². The molecule has 2 aromatic heterocycles. The van der Waals surface area contributed by atoms with Gasteiger partial charge in [0.15, 0.2) is 0 Å². The molecule has 2 rings (SSSR count). The van der Waals surface area contributed by atoms with Crippen LogP contribution in [0, 0.1) is 0 Å². The summed E-state index contributed by atoms with van der Waals surface area (Å²) in [4.78, 5) is 12.5. The molecule has 0 amide bonds. The van der Waals surface area contributed by atoms with Crippen LogP contribution in [0.5, 0.6) is 0 Å². The third-order valence-electron chi connectivity index (χ3n) is 2.59. The number of anilines is 2. The molecule has 108 valence electrons. The first-order chi connectivity index (χ1) is 9.34. The van der Waals surface area contributed by atoms with Crippen molar-refractivity contribution in [3.63, 3.8) is 0 Å². The van der Waals surface area contributed by atoms with E-state index in [1.54, 1.807) is 17.4 Å². The van der Waals surface area contributed by atoms with E-state index in [0.717, 1.165) is 23.7 Å². The van der Waals surface area contributed by atoms with Gasteiger partial charge in [-0.05, 0) is 0 Å². The van der Waals surface area contributed by atoms with Crippen molar-refractivity contribution in [2.75, 3.05) is 17.6 Å². The first kappa shape index (κ1) is 15.0. The van der Waals surface area contributed by atoms with Crippen LogP contribution in [0.4, 0.5) is 11.8 Å². The van der Waals surface area contributed by atoms with Crippen LogP contribution in [-0.2, 0) is 11.8 Å². The van der Waals surface area contributed by atoms with Gasteiger partial charge in [0.2, 0.25) is 5.95 Å². The third kappa shape index (κ3) is 4.05. The molecule has 0 aliphatic rings. The van der Waals surface area contributed by atoms with E-state index in [2.05, 4.69) is 46.4 Å². The fraction of sp³-hybridized carbons (Fsp3) is 0.462. The highest BCUT2D eigenvalue weighted by Crippen LogP contribution is 2.25. The highest BCUT2D eigenvalue weighted by atomic mass is 35.5. The van der Waals surface area contributed by atoms with Crippen LogP contribution >= 0.6 is 22.9 Å². The SMILES string of the molecule is CC(C)(C)c1nc(CCNc2cc(Cl)nc(N)n2)cs1. The number of halogens is 1. The van der Waals surface area contributed by atoms with Crippen LogP contribution in [0.3, 0.4) is 0 Å². The lowest BCUT2D eigenvalue weighted by Crippen LogP contribution is -2.11. The maximum Gasteiger partial charge on any atom is 0.223 e. The second-order valence-corrected chi connectivity index (χ2v) is 6.75. The summed E-state index contributed by atoms with van der Waals surface area (Å²) >= 11 is 7.52. The van der Waals surface area contributed by atoms with Gasteiger partial charge in [-0.2, -0.15) is 4.98 Å². The Morgan fingerprint density at radius 3 is 2.65 bits per heavy atom. The molecule has 0 fully saturated rings. The Morgan fingerprint density at radius 2 is 2.05 bits per heavy atom. The predicted molar refractivity (Wildman–Crippen MR) is 84.5 cm³/mol. The predicted octanol–water partition coefficient (Wildman–Crippen LogP) is 3.12. The molecule has 0 aliphatic carbocycles. The van der Waals surface area contributed by atoms with Crippen LogP contribution in [-0.4, -0.2) is 21.5 Å². The first-order valence-corrected chi connectivity index (χ1v) is 7.59. The molecular weight excluding hydrogens is 294 g/mol. The van der Waals surface area contributed by atoms with Gasteiger partial charge >= 0.3 is 0 Å². The second-order valence-electron chi connectivity index (χ2n) is 5.50. The lowest BCUT2D eigenvalue weighted by molar-refractivity contribution is 0.583. The Bertz CT molecular complexity index is 570. The Morgan fingerprint density at radius 1 is 1.30 bits per heavy atom. The summed E-state index contributed by atoms with van der Waals surface area (Å²) in [5.74, 6) is 0.803. The first-order valence-electron chi connectivity index (χ1n) is 6.33. The zero-order valence-electron chi connectivity index (χ0n) is 11.8. The maximum absolute atomic E-state index is 5.82. The molecule has 0 spiro atoms. The van der Waals surface area contributed by atoms with Crippen LogP contribution in [0.25, 0.3) is 0 Å². The molecular formula is C13H18ClN5S. The third-order valence-corrected chi connectivity index (χ3v) is 4.10. The van der Waals surface area contributed by atoms with Gasteiger partial charge in [-0.3, -0.25) is 0 Å². The van der Waals surface area contributed by atoms with E-state index in [1.165, 1.54) is 0 Å². The van der Waals surface area contributed by atoms with E-state index < -0.39 is 0 Å². The van der Waals surface area contributed by atoms with Crippen LogP contribution < -0.4 is 11.1 Å². The maximum atomic E-state index is 5.82. The van der Waals surface area contributed by atoms with Gasteiger partial charge in [0.1, 0.15) is 11.0 Å². The molecule has 2 heterocycles. The number of thiazole rings is 1. The number of nitrogen functional groups attached to an aromatic ring is 1. The average molecular weight is 312 g/mol. The topological polar surface area (TPSA) is 76.7 Å². The van der Waals surface area contributed by atoms with E-state index in [9.17, 15) is 0 Å². The highest BCUT2D eigenvalue weighted by molar-refractivity contribution is 7.09. The fourth-order valence-electron chi connectivity index (χ4n) is 1.61. The summed E-state index contributed by atoms with van der Waals surface area (Å²) in [6.45, 7) is 7.22. The Kier molecular flexibility index (Phi) is 4.45. The van der Waals surface area contributed by atoms with Crippen LogP contribution in [0.15, 0.2) is 11.4 Å². The molecule has 0 radical (unpaired) electrons. The molecule has 20 heavy (non-hydrogen) atoms. The lowest BCUT2D eigenvalue weighted by atomic mass is 9.98. The number of nitrogens with zero attached hydrogens (tertiary/aromatic N) is 3. The van der Waals surface area contributed by atoms with E-state index in [1.807, 2.05) is 0 Å². The largest absolute Gasteiger partial charge is 0.369 e. The normalized spacial score (nSPS) is 11.6. The summed E-state index contributed by atoms with van der Waals surface area (Å²) in [6, 6.07) is 1.65. The highest BCUT2D eigenvalue weighted by Gasteiger charge is 2.17.